The van der Waals surface area contributed by atoms with Crippen molar-refractivity contribution in [3.05, 3.63) is 0 Å². The molecule has 82 valence electrons. The Kier molecular flexibility index (Phi) is 2.95. The first-order valence-electron chi connectivity index (χ1n) is 5.99. The van der Waals surface area contributed by atoms with Crippen molar-refractivity contribution in [3.8, 4) is 6.07 Å². The SMILES string of the molecule is N#CC1(NC(=O)C2CC2)CCCCCC1. The Hall–Kier alpha value is -1.04. The van der Waals surface area contributed by atoms with Crippen LogP contribution in [0, 0.1) is 17.2 Å². The first-order chi connectivity index (χ1) is 7.26. The Labute approximate surface area is 90.8 Å². The predicted octanol–water partition coefficient (Wildman–Crippen LogP) is 2.13. The number of amides is 1. The lowest BCUT2D eigenvalue weighted by atomic mass is 9.91. The second-order valence-electron chi connectivity index (χ2n) is 4.87. The topological polar surface area (TPSA) is 52.9 Å². The van der Waals surface area contributed by atoms with E-state index in [2.05, 4.69) is 11.4 Å². The number of hydrogen-bond acceptors (Lipinski definition) is 2. The molecule has 15 heavy (non-hydrogen) atoms. The average Bonchev–Trinajstić information content (AvgIpc) is 3.05. The molecule has 3 nitrogen and oxygen atoms in total. The molecular weight excluding hydrogens is 188 g/mol. The normalized spacial score (nSPS) is 25.0. The zero-order valence-corrected chi connectivity index (χ0v) is 9.09. The summed E-state index contributed by atoms with van der Waals surface area (Å²) in [5.41, 5.74) is -0.545. The number of carbonyl (C=O) groups excluding carboxylic acids is 1. The first kappa shape index (κ1) is 10.5. The van der Waals surface area contributed by atoms with E-state index in [9.17, 15) is 10.1 Å². The smallest absolute Gasteiger partial charge is 0.224 e. The summed E-state index contributed by atoms with van der Waals surface area (Å²) in [6.07, 6.45) is 8.22. The van der Waals surface area contributed by atoms with Crippen LogP contribution in [-0.2, 0) is 4.79 Å². The number of nitriles is 1. The van der Waals surface area contributed by atoms with Gasteiger partial charge in [-0.15, -0.1) is 0 Å². The van der Waals surface area contributed by atoms with Crippen LogP contribution in [0.1, 0.15) is 51.4 Å². The summed E-state index contributed by atoms with van der Waals surface area (Å²) in [6, 6.07) is 2.34. The number of carbonyl (C=O) groups is 1. The number of rotatable bonds is 2. The van der Waals surface area contributed by atoms with E-state index in [1.54, 1.807) is 0 Å². The molecule has 0 aromatic rings. The van der Waals surface area contributed by atoms with Crippen LogP contribution >= 0.6 is 0 Å². The van der Waals surface area contributed by atoms with Crippen molar-refractivity contribution in [1.29, 1.82) is 5.26 Å². The van der Waals surface area contributed by atoms with Gasteiger partial charge in [0.2, 0.25) is 5.91 Å². The van der Waals surface area contributed by atoms with Crippen molar-refractivity contribution in [3.63, 3.8) is 0 Å². The van der Waals surface area contributed by atoms with Crippen molar-refractivity contribution in [1.82, 2.24) is 5.32 Å². The molecule has 1 N–H and O–H groups in total. The summed E-state index contributed by atoms with van der Waals surface area (Å²) in [5, 5.41) is 12.2. The van der Waals surface area contributed by atoms with Crippen molar-refractivity contribution >= 4 is 5.91 Å². The van der Waals surface area contributed by atoms with Crippen LogP contribution in [0.2, 0.25) is 0 Å². The van der Waals surface area contributed by atoms with Gasteiger partial charge < -0.3 is 5.32 Å². The molecule has 0 saturated heterocycles. The van der Waals surface area contributed by atoms with Gasteiger partial charge in [-0.3, -0.25) is 4.79 Å². The van der Waals surface area contributed by atoms with E-state index in [1.807, 2.05) is 0 Å². The van der Waals surface area contributed by atoms with Crippen molar-refractivity contribution in [2.75, 3.05) is 0 Å². The van der Waals surface area contributed by atoms with Crippen LogP contribution in [0.25, 0.3) is 0 Å². The predicted molar refractivity (Wildman–Crippen MR) is 56.9 cm³/mol. The van der Waals surface area contributed by atoms with Gasteiger partial charge in [-0.1, -0.05) is 25.7 Å². The summed E-state index contributed by atoms with van der Waals surface area (Å²) >= 11 is 0. The van der Waals surface area contributed by atoms with Gasteiger partial charge in [0.05, 0.1) is 6.07 Å². The average molecular weight is 206 g/mol. The summed E-state index contributed by atoms with van der Waals surface area (Å²) in [4.78, 5) is 11.7. The minimum atomic E-state index is -0.545. The van der Waals surface area contributed by atoms with Gasteiger partial charge in [0.1, 0.15) is 5.54 Å². The molecular formula is C12H18N2O. The lowest BCUT2D eigenvalue weighted by molar-refractivity contribution is -0.123. The Balaban J connectivity index is 1.99. The molecule has 0 aromatic carbocycles. The van der Waals surface area contributed by atoms with Crippen LogP contribution in [0.5, 0.6) is 0 Å². The van der Waals surface area contributed by atoms with E-state index in [0.29, 0.717) is 0 Å². The Morgan fingerprint density at radius 2 is 1.80 bits per heavy atom. The Morgan fingerprint density at radius 1 is 1.20 bits per heavy atom. The van der Waals surface area contributed by atoms with Crippen LogP contribution < -0.4 is 5.32 Å². The second-order valence-corrected chi connectivity index (χ2v) is 4.87. The molecule has 0 heterocycles. The van der Waals surface area contributed by atoms with E-state index >= 15 is 0 Å². The van der Waals surface area contributed by atoms with Gasteiger partial charge in [-0.2, -0.15) is 5.26 Å². The van der Waals surface area contributed by atoms with Crippen molar-refractivity contribution in [2.45, 2.75) is 56.9 Å². The molecule has 0 unspecified atom stereocenters. The largest absolute Gasteiger partial charge is 0.338 e. The van der Waals surface area contributed by atoms with Gasteiger partial charge in [0.25, 0.3) is 0 Å². The maximum Gasteiger partial charge on any atom is 0.224 e. The van der Waals surface area contributed by atoms with E-state index in [1.165, 1.54) is 12.8 Å². The highest BCUT2D eigenvalue weighted by Gasteiger charge is 2.37. The molecule has 2 rings (SSSR count). The lowest BCUT2D eigenvalue weighted by Gasteiger charge is -2.26. The van der Waals surface area contributed by atoms with Gasteiger partial charge >= 0.3 is 0 Å². The fourth-order valence-electron chi connectivity index (χ4n) is 2.28. The summed E-state index contributed by atoms with van der Waals surface area (Å²) in [5.74, 6) is 0.317. The zero-order valence-electron chi connectivity index (χ0n) is 9.09. The minimum absolute atomic E-state index is 0.110. The molecule has 2 saturated carbocycles. The third-order valence-corrected chi connectivity index (χ3v) is 3.48. The maximum absolute atomic E-state index is 11.7. The summed E-state index contributed by atoms with van der Waals surface area (Å²) < 4.78 is 0. The maximum atomic E-state index is 11.7. The highest BCUT2D eigenvalue weighted by Crippen LogP contribution is 2.32. The molecule has 2 aliphatic rings. The molecule has 0 bridgehead atoms. The highest BCUT2D eigenvalue weighted by atomic mass is 16.2. The minimum Gasteiger partial charge on any atom is -0.338 e. The van der Waals surface area contributed by atoms with Crippen LogP contribution in [-0.4, -0.2) is 11.4 Å². The standard InChI is InChI=1S/C12H18N2O/c13-9-12(7-3-1-2-4-8-12)14-11(15)10-5-6-10/h10H,1-8H2,(H,14,15). The highest BCUT2D eigenvalue weighted by molar-refractivity contribution is 5.82. The molecule has 2 fully saturated rings. The van der Waals surface area contributed by atoms with E-state index in [4.69, 9.17) is 0 Å². The molecule has 3 heteroatoms. The van der Waals surface area contributed by atoms with Gasteiger partial charge in [-0.25, -0.2) is 0 Å². The molecule has 0 aliphatic heterocycles. The molecule has 0 aromatic heterocycles. The van der Waals surface area contributed by atoms with Gasteiger partial charge in [-0.05, 0) is 25.7 Å². The lowest BCUT2D eigenvalue weighted by Crippen LogP contribution is -2.47. The second kappa shape index (κ2) is 4.22. The van der Waals surface area contributed by atoms with E-state index in [-0.39, 0.29) is 11.8 Å². The quantitative estimate of drug-likeness (QED) is 0.704. The molecule has 1 amide bonds. The monoisotopic (exact) mass is 206 g/mol. The summed E-state index contributed by atoms with van der Waals surface area (Å²) in [7, 11) is 0. The van der Waals surface area contributed by atoms with E-state index in [0.717, 1.165) is 38.5 Å². The van der Waals surface area contributed by atoms with Crippen LogP contribution in [0.15, 0.2) is 0 Å². The number of nitrogens with zero attached hydrogens (tertiary/aromatic N) is 1. The third-order valence-electron chi connectivity index (χ3n) is 3.48. The van der Waals surface area contributed by atoms with Crippen LogP contribution in [0.4, 0.5) is 0 Å². The number of nitrogens with one attached hydrogen (secondary N) is 1. The fraction of sp³-hybridized carbons (Fsp3) is 0.833. The third kappa shape index (κ3) is 2.50. The van der Waals surface area contributed by atoms with Crippen molar-refractivity contribution < 1.29 is 4.79 Å². The molecule has 0 spiro atoms. The van der Waals surface area contributed by atoms with E-state index < -0.39 is 5.54 Å². The molecule has 2 aliphatic carbocycles. The fourth-order valence-corrected chi connectivity index (χ4v) is 2.28. The number of hydrogen-bond donors (Lipinski definition) is 1. The Morgan fingerprint density at radius 3 is 2.27 bits per heavy atom. The summed E-state index contributed by atoms with van der Waals surface area (Å²) in [6.45, 7) is 0. The van der Waals surface area contributed by atoms with Crippen molar-refractivity contribution in [2.24, 2.45) is 5.92 Å². The van der Waals surface area contributed by atoms with Gasteiger partial charge in [0, 0.05) is 5.92 Å². The molecule has 0 radical (unpaired) electrons. The Bertz CT molecular complexity index is 280. The first-order valence-corrected chi connectivity index (χ1v) is 5.99. The van der Waals surface area contributed by atoms with Crippen LogP contribution in [0.3, 0.4) is 0 Å². The van der Waals surface area contributed by atoms with Gasteiger partial charge in [0.15, 0.2) is 0 Å². The zero-order chi connectivity index (χ0) is 10.7. The molecule has 0 atom stereocenters.